The number of rotatable bonds is 7. The second-order valence-electron chi connectivity index (χ2n) is 6.86. The lowest BCUT2D eigenvalue weighted by Crippen LogP contribution is -2.45. The molecule has 1 fully saturated rings. The molecular formula is C22H30IN5O2. The summed E-state index contributed by atoms with van der Waals surface area (Å²) >= 11 is 0. The van der Waals surface area contributed by atoms with Crippen LogP contribution in [0.5, 0.6) is 5.75 Å². The van der Waals surface area contributed by atoms with E-state index in [4.69, 9.17) is 4.74 Å². The van der Waals surface area contributed by atoms with Gasteiger partial charge in [0.2, 0.25) is 5.91 Å². The maximum Gasteiger partial charge on any atom is 0.246 e. The van der Waals surface area contributed by atoms with Crippen LogP contribution in [-0.4, -0.2) is 51.2 Å². The summed E-state index contributed by atoms with van der Waals surface area (Å²) < 4.78 is 5.48. The van der Waals surface area contributed by atoms with E-state index in [0.29, 0.717) is 5.96 Å². The second kappa shape index (κ2) is 12.3. The molecule has 0 aliphatic carbocycles. The maximum atomic E-state index is 12.2. The normalized spacial score (nSPS) is 15.9. The minimum Gasteiger partial charge on any atom is -0.495 e. The highest BCUT2D eigenvalue weighted by Gasteiger charge is 2.25. The number of hydrogen-bond donors (Lipinski definition) is 3. The van der Waals surface area contributed by atoms with Crippen molar-refractivity contribution in [2.75, 3.05) is 43.5 Å². The van der Waals surface area contributed by atoms with Crippen molar-refractivity contribution in [3.63, 3.8) is 0 Å². The summed E-state index contributed by atoms with van der Waals surface area (Å²) in [6, 6.07) is 17.7. The first-order chi connectivity index (χ1) is 14.2. The number of nitrogens with one attached hydrogen (secondary N) is 3. The smallest absolute Gasteiger partial charge is 0.246 e. The first-order valence-corrected chi connectivity index (χ1v) is 9.97. The van der Waals surface area contributed by atoms with Crippen molar-refractivity contribution in [3.8, 4) is 5.75 Å². The molecule has 0 radical (unpaired) electrons. The van der Waals surface area contributed by atoms with Crippen LogP contribution in [0.15, 0.2) is 59.6 Å². The number of nitrogens with zero attached hydrogens (tertiary/aromatic N) is 2. The van der Waals surface area contributed by atoms with Gasteiger partial charge in [0.25, 0.3) is 0 Å². The molecule has 1 heterocycles. The van der Waals surface area contributed by atoms with E-state index in [9.17, 15) is 4.79 Å². The number of hydrogen-bond acceptors (Lipinski definition) is 4. The monoisotopic (exact) mass is 523 g/mol. The number of methoxy groups -OCH3 is 1. The van der Waals surface area contributed by atoms with Gasteiger partial charge in [0.1, 0.15) is 12.3 Å². The van der Waals surface area contributed by atoms with E-state index in [1.165, 1.54) is 0 Å². The van der Waals surface area contributed by atoms with Crippen LogP contribution in [0, 0.1) is 0 Å². The van der Waals surface area contributed by atoms with Gasteiger partial charge in [-0.3, -0.25) is 4.79 Å². The van der Waals surface area contributed by atoms with Crippen LogP contribution < -0.4 is 25.6 Å². The van der Waals surface area contributed by atoms with Gasteiger partial charge in [-0.15, -0.1) is 24.0 Å². The Balaban J connectivity index is 0.00000320. The summed E-state index contributed by atoms with van der Waals surface area (Å²) in [6.07, 6.45) is 0.985. The van der Waals surface area contributed by atoms with E-state index in [0.717, 1.165) is 43.2 Å². The third-order valence-electron chi connectivity index (χ3n) is 4.74. The second-order valence-corrected chi connectivity index (χ2v) is 6.86. The maximum absolute atomic E-state index is 12.2. The number of aliphatic imine (C=N–C) groups is 1. The van der Waals surface area contributed by atoms with Gasteiger partial charge in [0.15, 0.2) is 5.96 Å². The molecule has 1 aliphatic heterocycles. The first kappa shape index (κ1) is 23.8. The van der Waals surface area contributed by atoms with E-state index in [1.54, 1.807) is 7.11 Å². The minimum atomic E-state index is -0.143. The molecule has 8 heteroatoms. The van der Waals surface area contributed by atoms with Gasteiger partial charge in [-0.05, 0) is 37.6 Å². The molecular weight excluding hydrogens is 493 g/mol. The van der Waals surface area contributed by atoms with Crippen LogP contribution in [0.4, 0.5) is 11.4 Å². The number of benzene rings is 2. The van der Waals surface area contributed by atoms with Crippen LogP contribution >= 0.6 is 24.0 Å². The lowest BCUT2D eigenvalue weighted by atomic mass is 10.2. The van der Waals surface area contributed by atoms with Crippen LogP contribution in [0.25, 0.3) is 0 Å². The first-order valence-electron chi connectivity index (χ1n) is 9.97. The molecule has 0 aromatic heterocycles. The largest absolute Gasteiger partial charge is 0.495 e. The number of para-hydroxylation sites is 3. The van der Waals surface area contributed by atoms with Crippen molar-refractivity contribution in [1.82, 2.24) is 10.6 Å². The van der Waals surface area contributed by atoms with E-state index in [2.05, 4.69) is 31.9 Å². The van der Waals surface area contributed by atoms with Crippen LogP contribution in [0.3, 0.4) is 0 Å². The van der Waals surface area contributed by atoms with Crippen LogP contribution in [0.2, 0.25) is 0 Å². The quantitative estimate of drug-likeness (QED) is 0.296. The Labute approximate surface area is 195 Å². The average molecular weight is 523 g/mol. The Kier molecular flexibility index (Phi) is 9.72. The van der Waals surface area contributed by atoms with Gasteiger partial charge in [-0.2, -0.15) is 0 Å². The Morgan fingerprint density at radius 1 is 1.17 bits per heavy atom. The number of carbonyl (C=O) groups is 1. The van der Waals surface area contributed by atoms with E-state index in [-0.39, 0.29) is 42.5 Å². The molecule has 2 aromatic carbocycles. The summed E-state index contributed by atoms with van der Waals surface area (Å²) in [6.45, 7) is 4.59. The zero-order valence-electron chi connectivity index (χ0n) is 17.4. The van der Waals surface area contributed by atoms with Crippen molar-refractivity contribution in [2.45, 2.75) is 19.4 Å². The van der Waals surface area contributed by atoms with Gasteiger partial charge in [-0.25, -0.2) is 4.99 Å². The van der Waals surface area contributed by atoms with Gasteiger partial charge < -0.3 is 25.6 Å². The van der Waals surface area contributed by atoms with Crippen molar-refractivity contribution in [1.29, 1.82) is 0 Å². The molecule has 162 valence electrons. The van der Waals surface area contributed by atoms with Gasteiger partial charge in [-0.1, -0.05) is 30.3 Å². The summed E-state index contributed by atoms with van der Waals surface area (Å²) in [5.74, 6) is 1.39. The fourth-order valence-corrected chi connectivity index (χ4v) is 3.37. The van der Waals surface area contributed by atoms with Crippen molar-refractivity contribution in [3.05, 3.63) is 54.6 Å². The molecule has 3 rings (SSSR count). The highest BCUT2D eigenvalue weighted by Crippen LogP contribution is 2.30. The average Bonchev–Trinajstić information content (AvgIpc) is 3.21. The third-order valence-corrected chi connectivity index (χ3v) is 4.74. The Morgan fingerprint density at radius 3 is 2.63 bits per heavy atom. The molecule has 1 atom stereocenters. The highest BCUT2D eigenvalue weighted by atomic mass is 127. The molecule has 0 bridgehead atoms. The minimum absolute atomic E-state index is 0. The predicted molar refractivity (Wildman–Crippen MR) is 133 cm³/mol. The molecule has 1 unspecified atom stereocenters. The molecule has 2 aromatic rings. The summed E-state index contributed by atoms with van der Waals surface area (Å²) in [5.41, 5.74) is 1.87. The van der Waals surface area contributed by atoms with Gasteiger partial charge >= 0.3 is 0 Å². The fourth-order valence-electron chi connectivity index (χ4n) is 3.37. The zero-order valence-corrected chi connectivity index (χ0v) is 19.8. The number of ether oxygens (including phenoxy) is 1. The number of halogens is 1. The summed E-state index contributed by atoms with van der Waals surface area (Å²) in [5, 5.41) is 9.52. The van der Waals surface area contributed by atoms with Crippen molar-refractivity contribution in [2.24, 2.45) is 4.99 Å². The molecule has 7 nitrogen and oxygen atoms in total. The number of guanidine groups is 1. The number of carbonyl (C=O) groups excluding carboxylic acids is 1. The Hall–Kier alpha value is -2.49. The molecule has 1 aliphatic rings. The summed E-state index contributed by atoms with van der Waals surface area (Å²) in [7, 11) is 1.70. The van der Waals surface area contributed by atoms with Gasteiger partial charge in [0, 0.05) is 31.4 Å². The van der Waals surface area contributed by atoms with Crippen molar-refractivity contribution >= 4 is 47.2 Å². The molecule has 30 heavy (non-hydrogen) atoms. The van der Waals surface area contributed by atoms with Crippen LogP contribution in [-0.2, 0) is 4.79 Å². The summed E-state index contributed by atoms with van der Waals surface area (Å²) in [4.78, 5) is 18.9. The Bertz CT molecular complexity index is 831. The van der Waals surface area contributed by atoms with Crippen LogP contribution in [0.1, 0.15) is 13.3 Å². The van der Waals surface area contributed by atoms with E-state index < -0.39 is 0 Å². The molecule has 3 N–H and O–H groups in total. The standard InChI is InChI=1S/C22H29N5O2.HI/c1-3-23-22(24-15-21(28)25-17-9-5-4-6-10-17)26-18-13-14-27(16-18)19-11-7-8-12-20(19)29-2;/h4-12,18H,3,13-16H2,1-2H3,(H,25,28)(H2,23,24,26);1H. The van der Waals surface area contributed by atoms with Crippen molar-refractivity contribution < 1.29 is 9.53 Å². The van der Waals surface area contributed by atoms with E-state index in [1.807, 2.05) is 55.5 Å². The topological polar surface area (TPSA) is 78.0 Å². The zero-order chi connectivity index (χ0) is 20.5. The van der Waals surface area contributed by atoms with Gasteiger partial charge in [0.05, 0.1) is 12.8 Å². The Morgan fingerprint density at radius 2 is 1.90 bits per heavy atom. The molecule has 1 saturated heterocycles. The lowest BCUT2D eigenvalue weighted by molar-refractivity contribution is -0.114. The fraction of sp³-hybridized carbons (Fsp3) is 0.364. The molecule has 1 amide bonds. The molecule has 0 spiro atoms. The number of amides is 1. The molecule has 0 saturated carbocycles. The SMILES string of the molecule is CCNC(=NCC(=O)Nc1ccccc1)NC1CCN(c2ccccc2OC)C1.I. The predicted octanol–water partition coefficient (Wildman–Crippen LogP) is 3.09. The number of anilines is 2. The van der Waals surface area contributed by atoms with E-state index >= 15 is 0 Å². The third kappa shape index (κ3) is 6.79. The highest BCUT2D eigenvalue weighted by molar-refractivity contribution is 14.0. The lowest BCUT2D eigenvalue weighted by Gasteiger charge is -2.22.